The maximum absolute atomic E-state index is 13.6. The molecule has 0 bridgehead atoms. The fourth-order valence-corrected chi connectivity index (χ4v) is 6.29. The van der Waals surface area contributed by atoms with Gasteiger partial charge in [0.2, 0.25) is 0 Å². The Labute approximate surface area is 209 Å². The highest BCUT2D eigenvalue weighted by Crippen LogP contribution is 2.42. The lowest BCUT2D eigenvalue weighted by Gasteiger charge is -2.36. The first kappa shape index (κ1) is 24.6. The third-order valence-corrected chi connectivity index (χ3v) is 8.32. The summed E-state index contributed by atoms with van der Waals surface area (Å²) in [6.45, 7) is 6.64. The molecule has 2 amide bonds. The van der Waals surface area contributed by atoms with Crippen LogP contribution in [0.25, 0.3) is 0 Å². The number of nitrogens with zero attached hydrogens (tertiary/aromatic N) is 3. The molecule has 178 valence electrons. The van der Waals surface area contributed by atoms with Crippen LogP contribution in [0.1, 0.15) is 54.3 Å². The van der Waals surface area contributed by atoms with Crippen LogP contribution in [0, 0.1) is 11.8 Å². The number of halogens is 2. The Hall–Kier alpha value is -1.54. The van der Waals surface area contributed by atoms with E-state index in [4.69, 9.17) is 16.3 Å². The van der Waals surface area contributed by atoms with E-state index >= 15 is 0 Å². The summed E-state index contributed by atoms with van der Waals surface area (Å²) in [6, 6.07) is 2.03. The number of likely N-dealkylation sites (tertiary alicyclic amines) is 1. The Morgan fingerprint density at radius 3 is 2.58 bits per heavy atom. The largest absolute Gasteiger partial charge is 0.376 e. The SMILES string of the molecule is COC(c1cc(Br)c2c(c1Cl)C(=O)N(CC1C(=O)N=C(C)C=C1C)CC2)C1CCN(C)CC1. The summed E-state index contributed by atoms with van der Waals surface area (Å²) in [5.41, 5.74) is 3.97. The van der Waals surface area contributed by atoms with Crippen LogP contribution in [0.3, 0.4) is 0 Å². The minimum atomic E-state index is -0.407. The van der Waals surface area contributed by atoms with Gasteiger partial charge in [-0.15, -0.1) is 0 Å². The number of fused-ring (bicyclic) bond motifs is 1. The number of aliphatic imine (C=N–C) groups is 1. The monoisotopic (exact) mass is 535 g/mol. The lowest BCUT2D eigenvalue weighted by Crippen LogP contribution is -2.43. The summed E-state index contributed by atoms with van der Waals surface area (Å²) in [4.78, 5) is 34.3. The van der Waals surface area contributed by atoms with Gasteiger partial charge in [-0.1, -0.05) is 33.1 Å². The van der Waals surface area contributed by atoms with E-state index < -0.39 is 5.92 Å². The summed E-state index contributed by atoms with van der Waals surface area (Å²) in [5.74, 6) is -0.379. The van der Waals surface area contributed by atoms with Crippen molar-refractivity contribution in [2.75, 3.05) is 40.3 Å². The van der Waals surface area contributed by atoms with Gasteiger partial charge in [-0.2, -0.15) is 0 Å². The van der Waals surface area contributed by atoms with Gasteiger partial charge in [-0.3, -0.25) is 9.59 Å². The number of carbonyl (C=O) groups excluding carboxylic acids is 2. The number of benzene rings is 1. The average molecular weight is 537 g/mol. The molecule has 1 saturated heterocycles. The van der Waals surface area contributed by atoms with E-state index in [-0.39, 0.29) is 17.9 Å². The third kappa shape index (κ3) is 4.83. The fraction of sp³-hybridized carbons (Fsp3) is 0.560. The standard InChI is InChI=1S/C25H31BrClN3O3/c1-14-11-15(2)28-24(31)19(14)13-30-10-7-17-20(26)12-18(22(27)21(17)25(30)32)23(33-4)16-5-8-29(3)9-6-16/h11-12,16,19,23H,5-10,13H2,1-4H3. The summed E-state index contributed by atoms with van der Waals surface area (Å²) in [5, 5.41) is 0.477. The van der Waals surface area contributed by atoms with Gasteiger partial charge < -0.3 is 14.5 Å². The number of dihydropyridines is 1. The Morgan fingerprint density at radius 1 is 1.24 bits per heavy atom. The number of carbonyl (C=O) groups is 2. The first-order valence-electron chi connectivity index (χ1n) is 11.5. The number of methoxy groups -OCH3 is 1. The van der Waals surface area contributed by atoms with Gasteiger partial charge in [0.25, 0.3) is 11.8 Å². The molecule has 3 aliphatic rings. The molecular weight excluding hydrogens is 506 g/mol. The number of rotatable bonds is 5. The molecule has 0 aliphatic carbocycles. The molecule has 0 radical (unpaired) electrons. The summed E-state index contributed by atoms with van der Waals surface area (Å²) < 4.78 is 6.84. The van der Waals surface area contributed by atoms with Crippen LogP contribution in [0.5, 0.6) is 0 Å². The third-order valence-electron chi connectivity index (χ3n) is 7.20. The number of piperidine rings is 1. The Balaban J connectivity index is 1.63. The fourth-order valence-electron chi connectivity index (χ4n) is 5.29. The molecule has 8 heteroatoms. The smallest absolute Gasteiger partial charge is 0.255 e. The summed E-state index contributed by atoms with van der Waals surface area (Å²) in [6.07, 6.45) is 4.48. The minimum Gasteiger partial charge on any atom is -0.376 e. The molecule has 3 aliphatic heterocycles. The lowest BCUT2D eigenvalue weighted by molar-refractivity contribution is -0.120. The second-order valence-corrected chi connectivity index (χ2v) is 10.7. The molecule has 1 fully saturated rings. The summed E-state index contributed by atoms with van der Waals surface area (Å²) in [7, 11) is 3.85. The zero-order valence-corrected chi connectivity index (χ0v) is 22.0. The van der Waals surface area contributed by atoms with Gasteiger partial charge in [-0.25, -0.2) is 4.99 Å². The van der Waals surface area contributed by atoms with Crippen LogP contribution in [0.2, 0.25) is 5.02 Å². The van der Waals surface area contributed by atoms with Gasteiger partial charge >= 0.3 is 0 Å². The van der Waals surface area contributed by atoms with Crippen molar-refractivity contribution in [3.63, 3.8) is 0 Å². The zero-order valence-electron chi connectivity index (χ0n) is 19.7. The van der Waals surface area contributed by atoms with Gasteiger partial charge in [0.05, 0.1) is 22.6 Å². The number of allylic oxidation sites excluding steroid dienone is 1. The molecule has 0 N–H and O–H groups in total. The van der Waals surface area contributed by atoms with Crippen molar-refractivity contribution in [3.05, 3.63) is 43.9 Å². The molecule has 1 aromatic carbocycles. The number of hydrogen-bond donors (Lipinski definition) is 0. The molecule has 4 rings (SSSR count). The quantitative estimate of drug-likeness (QED) is 0.548. The Kier molecular flexibility index (Phi) is 7.44. The van der Waals surface area contributed by atoms with Crippen LogP contribution >= 0.6 is 27.5 Å². The normalized spacial score (nSPS) is 23.3. The van der Waals surface area contributed by atoms with Gasteiger partial charge in [0.15, 0.2) is 0 Å². The molecule has 0 saturated carbocycles. The number of hydrogen-bond acceptors (Lipinski definition) is 4. The molecule has 33 heavy (non-hydrogen) atoms. The molecule has 0 aromatic heterocycles. The van der Waals surface area contributed by atoms with Gasteiger partial charge in [0.1, 0.15) is 0 Å². The predicted molar refractivity (Wildman–Crippen MR) is 134 cm³/mol. The van der Waals surface area contributed by atoms with E-state index in [2.05, 4.69) is 32.9 Å². The molecule has 6 nitrogen and oxygen atoms in total. The number of amides is 2. The second kappa shape index (κ2) is 9.98. The lowest BCUT2D eigenvalue weighted by atomic mass is 9.85. The maximum atomic E-state index is 13.6. The molecule has 3 heterocycles. The van der Waals surface area contributed by atoms with Crippen molar-refractivity contribution in [1.29, 1.82) is 0 Å². The highest BCUT2D eigenvalue weighted by molar-refractivity contribution is 9.10. The van der Waals surface area contributed by atoms with E-state index in [1.165, 1.54) is 0 Å². The minimum absolute atomic E-state index is 0.131. The highest BCUT2D eigenvalue weighted by Gasteiger charge is 2.36. The van der Waals surface area contributed by atoms with E-state index in [0.29, 0.717) is 41.7 Å². The number of ether oxygens (including phenoxy) is 1. The van der Waals surface area contributed by atoms with Crippen molar-refractivity contribution in [3.8, 4) is 0 Å². The van der Waals surface area contributed by atoms with E-state index in [1.807, 2.05) is 26.0 Å². The van der Waals surface area contributed by atoms with Crippen LogP contribution in [-0.2, 0) is 16.0 Å². The second-order valence-electron chi connectivity index (χ2n) is 9.45. The molecule has 2 unspecified atom stereocenters. The van der Waals surface area contributed by atoms with Gasteiger partial charge in [-0.05, 0) is 76.9 Å². The first-order valence-corrected chi connectivity index (χ1v) is 12.7. The average Bonchev–Trinajstić information content (AvgIpc) is 2.76. The molecule has 0 spiro atoms. The van der Waals surface area contributed by atoms with E-state index in [0.717, 1.165) is 47.1 Å². The van der Waals surface area contributed by atoms with Gasteiger partial charge in [0, 0.05) is 35.9 Å². The highest BCUT2D eigenvalue weighted by atomic mass is 79.9. The van der Waals surface area contributed by atoms with E-state index in [9.17, 15) is 9.59 Å². The molecular formula is C25H31BrClN3O3. The molecule has 1 aromatic rings. The van der Waals surface area contributed by atoms with Crippen LogP contribution in [-0.4, -0.2) is 67.7 Å². The van der Waals surface area contributed by atoms with Crippen LogP contribution < -0.4 is 0 Å². The Morgan fingerprint density at radius 2 is 1.94 bits per heavy atom. The van der Waals surface area contributed by atoms with E-state index in [1.54, 1.807) is 12.0 Å². The van der Waals surface area contributed by atoms with Crippen molar-refractivity contribution < 1.29 is 14.3 Å². The zero-order chi connectivity index (χ0) is 23.9. The van der Waals surface area contributed by atoms with Crippen LogP contribution in [0.4, 0.5) is 0 Å². The van der Waals surface area contributed by atoms with Crippen molar-refractivity contribution in [2.24, 2.45) is 16.8 Å². The maximum Gasteiger partial charge on any atom is 0.255 e. The predicted octanol–water partition coefficient (Wildman–Crippen LogP) is 4.69. The van der Waals surface area contributed by atoms with Crippen LogP contribution in [0.15, 0.2) is 27.2 Å². The first-order chi connectivity index (χ1) is 15.7. The topological polar surface area (TPSA) is 62.2 Å². The molecule has 2 atom stereocenters. The summed E-state index contributed by atoms with van der Waals surface area (Å²) >= 11 is 10.6. The van der Waals surface area contributed by atoms with Crippen molar-refractivity contribution >= 4 is 45.1 Å². The van der Waals surface area contributed by atoms with Crippen molar-refractivity contribution in [2.45, 2.75) is 39.2 Å². The Bertz CT molecular complexity index is 1030. The van der Waals surface area contributed by atoms with Crippen molar-refractivity contribution in [1.82, 2.24) is 9.80 Å².